The maximum absolute atomic E-state index is 6.25. The zero-order valence-electron chi connectivity index (χ0n) is 20.0. The van der Waals surface area contributed by atoms with Crippen molar-refractivity contribution < 1.29 is 4.43 Å². The molecular weight excluding hydrogens is 362 g/mol. The first-order valence-electron chi connectivity index (χ1n) is 11.9. The van der Waals surface area contributed by atoms with Crippen molar-refractivity contribution in [3.8, 4) is 0 Å². The van der Waals surface area contributed by atoms with E-state index in [0.717, 1.165) is 5.90 Å². The highest BCUT2D eigenvalue weighted by Crippen LogP contribution is 2.19. The molecule has 27 heavy (non-hydrogen) atoms. The minimum Gasteiger partial charge on any atom is -0.535 e. The molecule has 2 nitrogen and oxygen atoms in total. The van der Waals surface area contributed by atoms with E-state index in [1.54, 1.807) is 0 Å². The molecule has 0 aromatic heterocycles. The van der Waals surface area contributed by atoms with E-state index in [1.807, 2.05) is 0 Å². The minimum absolute atomic E-state index is 0.941. The molecule has 0 aliphatic rings. The van der Waals surface area contributed by atoms with E-state index < -0.39 is 16.6 Å². The first-order valence-corrected chi connectivity index (χ1v) is 18.5. The van der Waals surface area contributed by atoms with Crippen LogP contribution in [0.1, 0.15) is 104 Å². The predicted octanol–water partition coefficient (Wildman–Crippen LogP) is 8.94. The Morgan fingerprint density at radius 1 is 0.630 bits per heavy atom. The van der Waals surface area contributed by atoms with Gasteiger partial charge in [-0.1, -0.05) is 96.8 Å². The Bertz CT molecular complexity index is 375. The quantitative estimate of drug-likeness (QED) is 0.101. The van der Waals surface area contributed by atoms with E-state index in [9.17, 15) is 0 Å². The summed E-state index contributed by atoms with van der Waals surface area (Å²) in [5.41, 5.74) is 0. The van der Waals surface area contributed by atoms with Crippen molar-refractivity contribution in [2.24, 2.45) is 4.66 Å². The molecule has 162 valence electrons. The third-order valence-corrected chi connectivity index (χ3v) is 8.44. The molecule has 0 atom stereocenters. The van der Waals surface area contributed by atoms with Gasteiger partial charge >= 0.3 is 0 Å². The highest BCUT2D eigenvalue weighted by Gasteiger charge is 2.25. The van der Waals surface area contributed by atoms with Gasteiger partial charge in [-0.2, -0.15) is 0 Å². The maximum atomic E-state index is 6.25. The van der Waals surface area contributed by atoms with Gasteiger partial charge in [0, 0.05) is 6.92 Å². The zero-order chi connectivity index (χ0) is 20.6. The van der Waals surface area contributed by atoms with Crippen molar-refractivity contribution in [3.05, 3.63) is 0 Å². The molecule has 0 N–H and O–H groups in total. The van der Waals surface area contributed by atoms with Gasteiger partial charge in [-0.05, 0) is 38.8 Å². The Hall–Kier alpha value is -0.0962. The number of hydrogen-bond donors (Lipinski definition) is 0. The van der Waals surface area contributed by atoms with Gasteiger partial charge < -0.3 is 4.43 Å². The summed E-state index contributed by atoms with van der Waals surface area (Å²) in [6.45, 7) is 15.8. The summed E-state index contributed by atoms with van der Waals surface area (Å²) in [5.74, 6) is 0.941. The van der Waals surface area contributed by atoms with Gasteiger partial charge in [0.1, 0.15) is 0 Å². The second kappa shape index (κ2) is 15.8. The van der Waals surface area contributed by atoms with Crippen LogP contribution in [-0.2, 0) is 4.43 Å². The third kappa shape index (κ3) is 20.4. The molecule has 0 aliphatic carbocycles. The van der Waals surface area contributed by atoms with Crippen LogP contribution >= 0.6 is 0 Å². The van der Waals surface area contributed by atoms with Crippen molar-refractivity contribution in [2.45, 2.75) is 143 Å². The Morgan fingerprint density at radius 2 is 1.00 bits per heavy atom. The molecule has 0 saturated carbocycles. The first-order chi connectivity index (χ1) is 12.7. The molecule has 0 aliphatic heterocycles. The van der Waals surface area contributed by atoms with Gasteiger partial charge in [0.25, 0.3) is 0 Å². The molecular formula is C23H51NOSi2. The normalized spacial score (nSPS) is 13.2. The molecule has 0 spiro atoms. The lowest BCUT2D eigenvalue weighted by Gasteiger charge is -2.25. The van der Waals surface area contributed by atoms with Crippen LogP contribution in [0.4, 0.5) is 0 Å². The highest BCUT2D eigenvalue weighted by molar-refractivity contribution is 6.76. The average Bonchev–Trinajstić information content (AvgIpc) is 2.52. The molecule has 0 bridgehead atoms. The van der Waals surface area contributed by atoms with Crippen molar-refractivity contribution >= 4 is 22.5 Å². The fourth-order valence-electron chi connectivity index (χ4n) is 3.69. The van der Waals surface area contributed by atoms with E-state index in [0.29, 0.717) is 0 Å². The number of unbranched alkanes of at least 4 members (excludes halogenated alkanes) is 13. The summed E-state index contributed by atoms with van der Waals surface area (Å²) < 4.78 is 11.0. The monoisotopic (exact) mass is 413 g/mol. The van der Waals surface area contributed by atoms with Gasteiger partial charge in [-0.25, -0.2) is 0 Å². The van der Waals surface area contributed by atoms with E-state index in [4.69, 9.17) is 9.08 Å². The van der Waals surface area contributed by atoms with Gasteiger partial charge in [0.05, 0.1) is 0 Å². The van der Waals surface area contributed by atoms with E-state index in [2.05, 4.69) is 46.6 Å². The third-order valence-electron chi connectivity index (χ3n) is 5.05. The molecule has 0 radical (unpaired) electrons. The Morgan fingerprint density at radius 3 is 1.37 bits per heavy atom. The molecule has 0 heterocycles. The first kappa shape index (κ1) is 26.9. The van der Waals surface area contributed by atoms with E-state index in [-0.39, 0.29) is 0 Å². The molecule has 0 fully saturated rings. The van der Waals surface area contributed by atoms with Crippen LogP contribution < -0.4 is 0 Å². The van der Waals surface area contributed by atoms with Crippen molar-refractivity contribution in [1.82, 2.24) is 0 Å². The fraction of sp³-hybridized carbons (Fsp3) is 0.957. The van der Waals surface area contributed by atoms with Crippen molar-refractivity contribution in [3.63, 3.8) is 0 Å². The van der Waals surface area contributed by atoms with Crippen LogP contribution in [-0.4, -0.2) is 22.5 Å². The van der Waals surface area contributed by atoms with Crippen LogP contribution in [0.5, 0.6) is 0 Å². The molecule has 0 aromatic carbocycles. The average molecular weight is 414 g/mol. The standard InChI is InChI=1S/C23H51NOSi2/c1-8-9-10-11-12-13-14-15-16-17-18-19-20-21-22-27(6,7)25-23(2)24-26(3,4)5/h8-22H2,1-7H3. The van der Waals surface area contributed by atoms with Crippen LogP contribution in [0.25, 0.3) is 0 Å². The lowest BCUT2D eigenvalue weighted by atomic mass is 10.0. The molecule has 0 rings (SSSR count). The fourth-order valence-corrected chi connectivity index (χ4v) is 6.82. The van der Waals surface area contributed by atoms with Gasteiger partial charge in [0.2, 0.25) is 8.32 Å². The summed E-state index contributed by atoms with van der Waals surface area (Å²) in [6.07, 6.45) is 20.0. The smallest absolute Gasteiger partial charge is 0.246 e. The van der Waals surface area contributed by atoms with Crippen LogP contribution in [0.2, 0.25) is 38.8 Å². The van der Waals surface area contributed by atoms with Crippen LogP contribution in [0.15, 0.2) is 4.66 Å². The summed E-state index contributed by atoms with van der Waals surface area (Å²) in [4.78, 5) is 0. The summed E-state index contributed by atoms with van der Waals surface area (Å²) in [5, 5.41) is 0. The molecule has 4 heteroatoms. The second-order valence-corrected chi connectivity index (χ2v) is 18.8. The minimum atomic E-state index is -1.58. The number of hydrogen-bond acceptors (Lipinski definition) is 2. The van der Waals surface area contributed by atoms with E-state index in [1.165, 1.54) is 95.9 Å². The molecule has 0 aromatic rings. The maximum Gasteiger partial charge on any atom is 0.246 e. The molecule has 0 unspecified atom stereocenters. The highest BCUT2D eigenvalue weighted by atomic mass is 28.4. The summed E-state index contributed by atoms with van der Waals surface area (Å²) in [6, 6.07) is 1.27. The van der Waals surface area contributed by atoms with Crippen molar-refractivity contribution in [2.75, 3.05) is 0 Å². The topological polar surface area (TPSA) is 21.6 Å². The van der Waals surface area contributed by atoms with Crippen LogP contribution in [0.3, 0.4) is 0 Å². The Balaban J connectivity index is 3.51. The predicted molar refractivity (Wildman–Crippen MR) is 130 cm³/mol. The van der Waals surface area contributed by atoms with Gasteiger partial charge in [-0.3, -0.25) is 4.66 Å². The van der Waals surface area contributed by atoms with Gasteiger partial charge in [0.15, 0.2) is 14.1 Å². The van der Waals surface area contributed by atoms with Gasteiger partial charge in [-0.15, -0.1) is 0 Å². The Labute approximate surface area is 174 Å². The zero-order valence-corrected chi connectivity index (χ0v) is 22.0. The molecule has 0 amide bonds. The lowest BCUT2D eigenvalue weighted by Crippen LogP contribution is -2.33. The lowest BCUT2D eigenvalue weighted by molar-refractivity contribution is 0.521. The van der Waals surface area contributed by atoms with E-state index >= 15 is 0 Å². The van der Waals surface area contributed by atoms with Crippen molar-refractivity contribution in [1.29, 1.82) is 0 Å². The summed E-state index contributed by atoms with van der Waals surface area (Å²) in [7, 11) is -2.99. The van der Waals surface area contributed by atoms with Crippen LogP contribution in [0, 0.1) is 0 Å². The largest absolute Gasteiger partial charge is 0.535 e. The second-order valence-electron chi connectivity index (χ2n) is 10.0. The summed E-state index contributed by atoms with van der Waals surface area (Å²) >= 11 is 0. The number of rotatable bonds is 17. The molecule has 0 saturated heterocycles. The Kier molecular flexibility index (Phi) is 15.7. The SMILES string of the molecule is CCCCCCCCCCCCCCCC[Si](C)(C)OC(C)=N[Si](C)(C)C. The number of nitrogens with zero attached hydrogens (tertiary/aromatic N) is 1.